The van der Waals surface area contributed by atoms with Crippen molar-refractivity contribution in [1.29, 1.82) is 0 Å². The van der Waals surface area contributed by atoms with Gasteiger partial charge in [-0.3, -0.25) is 9.48 Å². The number of urea groups is 1. The van der Waals surface area contributed by atoms with Crippen molar-refractivity contribution >= 4 is 17.6 Å². The molecule has 0 saturated carbocycles. The van der Waals surface area contributed by atoms with Crippen LogP contribution in [-0.2, 0) is 28.9 Å². The van der Waals surface area contributed by atoms with Gasteiger partial charge in [-0.15, -0.1) is 5.10 Å². The first-order valence-electron chi connectivity index (χ1n) is 12.1. The van der Waals surface area contributed by atoms with Crippen molar-refractivity contribution in [3.05, 3.63) is 41.7 Å². The summed E-state index contributed by atoms with van der Waals surface area (Å²) < 4.78 is 46.8. The first kappa shape index (κ1) is 28.4. The van der Waals surface area contributed by atoms with Crippen molar-refractivity contribution in [1.82, 2.24) is 24.8 Å². The Morgan fingerprint density at radius 2 is 2.14 bits per heavy atom. The molecule has 0 saturated heterocycles. The van der Waals surface area contributed by atoms with E-state index in [9.17, 15) is 27.9 Å². The maximum atomic E-state index is 13.0. The number of hydrogen-bond donors (Lipinski definition) is 2. The third-order valence-electron chi connectivity index (χ3n) is 6.29. The van der Waals surface area contributed by atoms with Crippen LogP contribution in [0.25, 0.3) is 0 Å². The van der Waals surface area contributed by atoms with Gasteiger partial charge in [-0.2, -0.15) is 13.2 Å². The molecule has 37 heavy (non-hydrogen) atoms. The number of aromatic nitrogens is 3. The van der Waals surface area contributed by atoms with Crippen LogP contribution in [0.5, 0.6) is 0 Å². The van der Waals surface area contributed by atoms with Crippen molar-refractivity contribution in [2.75, 3.05) is 32.1 Å². The van der Waals surface area contributed by atoms with Crippen LogP contribution in [0.1, 0.15) is 37.9 Å². The number of alkyl halides is 3. The third-order valence-corrected chi connectivity index (χ3v) is 6.29. The van der Waals surface area contributed by atoms with Crippen LogP contribution in [0.15, 0.2) is 30.5 Å². The number of benzene rings is 1. The number of nitrogens with zero attached hydrogens (tertiary/aromatic N) is 5. The molecule has 2 N–H and O–H groups in total. The maximum absolute atomic E-state index is 13.0. The molecule has 1 aliphatic rings. The Balaban J connectivity index is 1.75. The molecule has 1 aromatic carbocycles. The number of carbonyl (C=O) groups excluding carboxylic acids is 2. The summed E-state index contributed by atoms with van der Waals surface area (Å²) in [5.74, 6) is -0.361. The molecule has 0 spiro atoms. The van der Waals surface area contributed by atoms with Crippen LogP contribution in [0.2, 0.25) is 0 Å². The highest BCUT2D eigenvalue weighted by molar-refractivity contribution is 5.89. The Morgan fingerprint density at radius 1 is 1.38 bits per heavy atom. The van der Waals surface area contributed by atoms with Crippen molar-refractivity contribution in [2.45, 2.75) is 58.2 Å². The Kier molecular flexibility index (Phi) is 9.49. The van der Waals surface area contributed by atoms with Gasteiger partial charge in [0.2, 0.25) is 5.91 Å². The van der Waals surface area contributed by atoms with Crippen LogP contribution >= 0.6 is 0 Å². The van der Waals surface area contributed by atoms with Gasteiger partial charge in [0, 0.05) is 44.7 Å². The standard InChI is InChI=1S/C24H33F3N6O4/c1-16-11-33(17(2)14-34)22(35)8-5-9-32-12-20(29-30-32)15-37-21(16)13-31(3)23(36)28-19-7-4-6-18(10-19)24(25,26)27/h4,6-7,10,12,16-17,21,34H,5,8-9,11,13-15H2,1-3H3,(H,28,36)/t16-,17-,21+/m1/s1. The highest BCUT2D eigenvalue weighted by atomic mass is 19.4. The van der Waals surface area contributed by atoms with Crippen LogP contribution in [-0.4, -0.2) is 80.7 Å². The summed E-state index contributed by atoms with van der Waals surface area (Å²) >= 11 is 0. The average molecular weight is 527 g/mol. The van der Waals surface area contributed by atoms with E-state index in [4.69, 9.17) is 4.74 Å². The summed E-state index contributed by atoms with van der Waals surface area (Å²) in [4.78, 5) is 28.7. The lowest BCUT2D eigenvalue weighted by Gasteiger charge is -2.35. The summed E-state index contributed by atoms with van der Waals surface area (Å²) in [6.07, 6.45) is -2.50. The average Bonchev–Trinajstić information content (AvgIpc) is 3.31. The van der Waals surface area contributed by atoms with Crippen LogP contribution < -0.4 is 5.32 Å². The van der Waals surface area contributed by atoms with Gasteiger partial charge in [0.15, 0.2) is 0 Å². The SMILES string of the molecule is C[C@@H]1CN([C@H](C)CO)C(=O)CCCn2cc(nn2)CO[C@H]1CN(C)C(=O)Nc1cccc(C(F)(F)F)c1. The quantitative estimate of drug-likeness (QED) is 0.620. The molecule has 0 unspecified atom stereocenters. The molecule has 3 rings (SSSR count). The third kappa shape index (κ3) is 7.89. The van der Waals surface area contributed by atoms with E-state index in [1.807, 2.05) is 6.92 Å². The van der Waals surface area contributed by atoms with E-state index >= 15 is 0 Å². The summed E-state index contributed by atoms with van der Waals surface area (Å²) in [7, 11) is 1.51. The number of likely N-dealkylation sites (N-methyl/N-ethyl adjacent to an activating group) is 1. The van der Waals surface area contributed by atoms with Gasteiger partial charge >= 0.3 is 12.2 Å². The summed E-state index contributed by atoms with van der Waals surface area (Å²) in [6, 6.07) is 3.38. The fraction of sp³-hybridized carbons (Fsp3) is 0.583. The predicted molar refractivity (Wildman–Crippen MR) is 128 cm³/mol. The number of aliphatic hydroxyl groups excluding tert-OH is 1. The lowest BCUT2D eigenvalue weighted by atomic mass is 10.0. The van der Waals surface area contributed by atoms with Crippen LogP contribution in [0, 0.1) is 5.92 Å². The molecule has 1 aromatic heterocycles. The number of hydrogen-bond acceptors (Lipinski definition) is 6. The number of rotatable bonds is 5. The molecule has 2 aromatic rings. The first-order chi connectivity index (χ1) is 17.5. The van der Waals surface area contributed by atoms with E-state index in [2.05, 4.69) is 15.6 Å². The summed E-state index contributed by atoms with van der Waals surface area (Å²) in [6.45, 7) is 4.46. The molecule has 204 valence electrons. The molecule has 13 heteroatoms. The molecule has 10 nitrogen and oxygen atoms in total. The minimum absolute atomic E-state index is 0.0146. The fourth-order valence-electron chi connectivity index (χ4n) is 4.04. The second-order valence-electron chi connectivity index (χ2n) is 9.37. The van der Waals surface area contributed by atoms with Crippen LogP contribution in [0.4, 0.5) is 23.7 Å². The molecule has 1 aliphatic heterocycles. The number of anilines is 1. The van der Waals surface area contributed by atoms with Crippen molar-refractivity contribution < 1.29 is 32.6 Å². The number of carbonyl (C=O) groups is 2. The number of halogens is 3. The number of aliphatic hydroxyl groups is 1. The van der Waals surface area contributed by atoms with Crippen LogP contribution in [0.3, 0.4) is 0 Å². The van der Waals surface area contributed by atoms with E-state index in [1.165, 1.54) is 24.1 Å². The van der Waals surface area contributed by atoms with Gasteiger partial charge in [0.1, 0.15) is 5.69 Å². The zero-order chi connectivity index (χ0) is 27.2. The highest BCUT2D eigenvalue weighted by Gasteiger charge is 2.31. The van der Waals surface area contributed by atoms with E-state index < -0.39 is 29.9 Å². The van der Waals surface area contributed by atoms with Gasteiger partial charge < -0.3 is 25.0 Å². The molecule has 2 bridgehead atoms. The molecule has 0 radical (unpaired) electrons. The zero-order valence-electron chi connectivity index (χ0n) is 21.1. The van der Waals surface area contributed by atoms with Gasteiger partial charge in [-0.05, 0) is 31.5 Å². The molecule has 0 aliphatic carbocycles. The van der Waals surface area contributed by atoms with Crippen molar-refractivity contribution in [3.63, 3.8) is 0 Å². The zero-order valence-corrected chi connectivity index (χ0v) is 21.1. The van der Waals surface area contributed by atoms with E-state index in [0.29, 0.717) is 25.2 Å². The van der Waals surface area contributed by atoms with Gasteiger partial charge in [0.05, 0.1) is 37.1 Å². The molecule has 0 fully saturated rings. The molecule has 3 amide bonds. The van der Waals surface area contributed by atoms with Crippen molar-refractivity contribution in [2.24, 2.45) is 5.92 Å². The first-order valence-corrected chi connectivity index (χ1v) is 12.1. The molecule has 3 atom stereocenters. The lowest BCUT2D eigenvalue weighted by molar-refractivity contribution is -0.137. The summed E-state index contributed by atoms with van der Waals surface area (Å²) in [5, 5.41) is 20.3. The van der Waals surface area contributed by atoms with Crippen molar-refractivity contribution in [3.8, 4) is 0 Å². The largest absolute Gasteiger partial charge is 0.416 e. The van der Waals surface area contributed by atoms with E-state index in [1.54, 1.807) is 22.7 Å². The van der Waals surface area contributed by atoms with Gasteiger partial charge in [-0.25, -0.2) is 4.79 Å². The fourth-order valence-corrected chi connectivity index (χ4v) is 4.04. The lowest BCUT2D eigenvalue weighted by Crippen LogP contribution is -2.48. The molecular weight excluding hydrogens is 493 g/mol. The Morgan fingerprint density at radius 3 is 2.84 bits per heavy atom. The van der Waals surface area contributed by atoms with Gasteiger partial charge in [0.25, 0.3) is 0 Å². The number of nitrogens with one attached hydrogen (secondary N) is 1. The Hall–Kier alpha value is -3.19. The second-order valence-corrected chi connectivity index (χ2v) is 9.37. The Bertz CT molecular complexity index is 1060. The normalized spacial score (nSPS) is 20.4. The second kappa shape index (κ2) is 12.4. The topological polar surface area (TPSA) is 113 Å². The van der Waals surface area contributed by atoms with E-state index in [-0.39, 0.29) is 43.7 Å². The Labute approximate surface area is 213 Å². The molecule has 2 heterocycles. The number of amides is 3. The van der Waals surface area contributed by atoms with E-state index in [0.717, 1.165) is 12.1 Å². The summed E-state index contributed by atoms with van der Waals surface area (Å²) in [5.41, 5.74) is -0.254. The maximum Gasteiger partial charge on any atom is 0.416 e. The molecular formula is C24H33F3N6O4. The monoisotopic (exact) mass is 526 g/mol. The number of fused-ring (bicyclic) bond motifs is 2. The highest BCUT2D eigenvalue weighted by Crippen LogP contribution is 2.30. The smallest absolute Gasteiger partial charge is 0.394 e. The van der Waals surface area contributed by atoms with Gasteiger partial charge in [-0.1, -0.05) is 18.2 Å². The minimum atomic E-state index is -4.53. The number of ether oxygens (including phenoxy) is 1. The minimum Gasteiger partial charge on any atom is -0.394 e. The number of aryl methyl sites for hydroxylation is 1. The predicted octanol–water partition coefficient (Wildman–Crippen LogP) is 2.99.